The molecule has 1 aromatic rings. The number of thiazole rings is 1. The average Bonchev–Trinajstić information content (AvgIpc) is 2.76. The van der Waals surface area contributed by atoms with Crippen LogP contribution in [0, 0.1) is 5.41 Å². The third kappa shape index (κ3) is 3.09. The zero-order chi connectivity index (χ0) is 13.2. The molecule has 2 N–H and O–H groups in total. The van der Waals surface area contributed by atoms with Gasteiger partial charge in [-0.25, -0.2) is 4.98 Å². The topological polar surface area (TPSA) is 59.2 Å². The molecule has 1 aromatic heterocycles. The summed E-state index contributed by atoms with van der Waals surface area (Å²) >= 11 is 1.53. The molecule has 2 heterocycles. The molecule has 1 amide bonds. The van der Waals surface area contributed by atoms with Crippen LogP contribution in [-0.4, -0.2) is 35.4 Å². The molecule has 0 radical (unpaired) electrons. The van der Waals surface area contributed by atoms with E-state index in [0.29, 0.717) is 12.2 Å². The Labute approximate surface area is 112 Å². The van der Waals surface area contributed by atoms with Crippen LogP contribution in [0.3, 0.4) is 0 Å². The zero-order valence-corrected chi connectivity index (χ0v) is 11.9. The minimum atomic E-state index is 0.0716. The zero-order valence-electron chi connectivity index (χ0n) is 11.1. The first-order chi connectivity index (χ1) is 8.52. The van der Waals surface area contributed by atoms with E-state index in [1.807, 2.05) is 10.3 Å². The number of hydrogen-bond donors (Lipinski definition) is 1. The van der Waals surface area contributed by atoms with E-state index >= 15 is 0 Å². The van der Waals surface area contributed by atoms with Crippen LogP contribution in [0.15, 0.2) is 5.38 Å². The summed E-state index contributed by atoms with van der Waals surface area (Å²) in [6, 6.07) is 0. The van der Waals surface area contributed by atoms with Crippen LogP contribution in [0.25, 0.3) is 0 Å². The van der Waals surface area contributed by atoms with Crippen LogP contribution in [0.2, 0.25) is 0 Å². The second-order valence-electron chi connectivity index (χ2n) is 5.66. The van der Waals surface area contributed by atoms with Crippen molar-refractivity contribution in [2.45, 2.75) is 33.1 Å². The van der Waals surface area contributed by atoms with Gasteiger partial charge >= 0.3 is 0 Å². The van der Waals surface area contributed by atoms with Crippen molar-refractivity contribution < 1.29 is 4.79 Å². The first-order valence-corrected chi connectivity index (χ1v) is 7.33. The Kier molecular flexibility index (Phi) is 4.02. The molecular formula is C13H21N3OS. The summed E-state index contributed by atoms with van der Waals surface area (Å²) in [5, 5.41) is 2.81. The fourth-order valence-electron chi connectivity index (χ4n) is 2.41. The minimum absolute atomic E-state index is 0.0716. The van der Waals surface area contributed by atoms with E-state index in [4.69, 9.17) is 5.73 Å². The Bertz CT molecular complexity index is 428. The summed E-state index contributed by atoms with van der Waals surface area (Å²) in [4.78, 5) is 18.6. The van der Waals surface area contributed by atoms with Gasteiger partial charge in [-0.2, -0.15) is 0 Å². The minimum Gasteiger partial charge on any atom is -0.337 e. The third-order valence-corrected chi connectivity index (χ3v) is 4.23. The molecule has 18 heavy (non-hydrogen) atoms. The van der Waals surface area contributed by atoms with Gasteiger partial charge in [0.25, 0.3) is 5.91 Å². The highest BCUT2D eigenvalue weighted by Crippen LogP contribution is 2.29. The third-order valence-electron chi connectivity index (χ3n) is 3.32. The number of rotatable bonds is 3. The highest BCUT2D eigenvalue weighted by atomic mass is 32.1. The van der Waals surface area contributed by atoms with Crippen LogP contribution in [0.5, 0.6) is 0 Å². The van der Waals surface area contributed by atoms with Gasteiger partial charge in [-0.05, 0) is 24.8 Å². The van der Waals surface area contributed by atoms with Crippen LogP contribution in [0.1, 0.15) is 42.2 Å². The fourth-order valence-corrected chi connectivity index (χ4v) is 3.19. The average molecular weight is 267 g/mol. The smallest absolute Gasteiger partial charge is 0.273 e. The monoisotopic (exact) mass is 267 g/mol. The molecule has 1 aliphatic heterocycles. The maximum absolute atomic E-state index is 12.3. The predicted molar refractivity (Wildman–Crippen MR) is 73.8 cm³/mol. The highest BCUT2D eigenvalue weighted by molar-refractivity contribution is 7.09. The lowest BCUT2D eigenvalue weighted by Gasteiger charge is -2.37. The Morgan fingerprint density at radius 1 is 1.61 bits per heavy atom. The molecule has 0 unspecified atom stereocenters. The molecule has 0 aliphatic carbocycles. The van der Waals surface area contributed by atoms with Crippen molar-refractivity contribution in [3.8, 4) is 0 Å². The summed E-state index contributed by atoms with van der Waals surface area (Å²) in [5.41, 5.74) is 6.31. The molecule has 0 aromatic carbocycles. The summed E-state index contributed by atoms with van der Waals surface area (Å²) in [5.74, 6) is 0.0716. The first-order valence-electron chi connectivity index (χ1n) is 6.45. The normalized spacial score (nSPS) is 18.9. The summed E-state index contributed by atoms with van der Waals surface area (Å²) in [6.45, 7) is 6.69. The number of nitrogens with two attached hydrogens (primary N) is 1. The number of aromatic nitrogens is 1. The van der Waals surface area contributed by atoms with Crippen LogP contribution >= 0.6 is 11.3 Å². The number of amides is 1. The lowest BCUT2D eigenvalue weighted by Crippen LogP contribution is -2.43. The molecule has 0 bridgehead atoms. The first kappa shape index (κ1) is 13.5. The van der Waals surface area contributed by atoms with Crippen molar-refractivity contribution in [3.63, 3.8) is 0 Å². The lowest BCUT2D eigenvalue weighted by molar-refractivity contribution is 0.0578. The molecule has 0 saturated carbocycles. The Morgan fingerprint density at radius 2 is 2.39 bits per heavy atom. The second-order valence-corrected chi connectivity index (χ2v) is 6.60. The number of carbonyl (C=O) groups is 1. The Morgan fingerprint density at radius 3 is 3.06 bits per heavy atom. The number of piperidine rings is 1. The van der Waals surface area contributed by atoms with E-state index in [1.54, 1.807) is 0 Å². The van der Waals surface area contributed by atoms with Crippen molar-refractivity contribution in [2.75, 3.05) is 19.6 Å². The standard InChI is InChI=1S/C13H21N3OS/c1-13(2)5-3-7-16(9-13)12(17)10-8-18-11(15-10)4-6-14/h8H,3-7,9,14H2,1-2H3. The molecule has 1 saturated heterocycles. The van der Waals surface area contributed by atoms with Crippen molar-refractivity contribution in [1.29, 1.82) is 0 Å². The molecule has 1 fully saturated rings. The highest BCUT2D eigenvalue weighted by Gasteiger charge is 2.30. The largest absolute Gasteiger partial charge is 0.337 e. The maximum Gasteiger partial charge on any atom is 0.273 e. The number of carbonyl (C=O) groups excluding carboxylic acids is 1. The van der Waals surface area contributed by atoms with Gasteiger partial charge < -0.3 is 10.6 Å². The summed E-state index contributed by atoms with van der Waals surface area (Å²) in [7, 11) is 0. The van der Waals surface area contributed by atoms with Crippen molar-refractivity contribution in [2.24, 2.45) is 11.1 Å². The van der Waals surface area contributed by atoms with E-state index in [0.717, 1.165) is 30.9 Å². The van der Waals surface area contributed by atoms with Gasteiger partial charge in [0.2, 0.25) is 0 Å². The number of likely N-dealkylation sites (tertiary alicyclic amines) is 1. The summed E-state index contributed by atoms with van der Waals surface area (Å²) in [6.07, 6.45) is 3.02. The lowest BCUT2D eigenvalue weighted by atomic mass is 9.84. The summed E-state index contributed by atoms with van der Waals surface area (Å²) < 4.78 is 0. The number of nitrogens with zero attached hydrogens (tertiary/aromatic N) is 2. The Hall–Kier alpha value is -0.940. The van der Waals surface area contributed by atoms with E-state index in [-0.39, 0.29) is 11.3 Å². The molecule has 0 atom stereocenters. The predicted octanol–water partition coefficient (Wildman–Crippen LogP) is 1.91. The van der Waals surface area contributed by atoms with Gasteiger partial charge in [-0.15, -0.1) is 11.3 Å². The Balaban J connectivity index is 2.05. The number of hydrogen-bond acceptors (Lipinski definition) is 4. The van der Waals surface area contributed by atoms with Gasteiger partial charge in [0.1, 0.15) is 5.69 Å². The van der Waals surface area contributed by atoms with E-state index < -0.39 is 0 Å². The molecule has 4 nitrogen and oxygen atoms in total. The van der Waals surface area contributed by atoms with Crippen molar-refractivity contribution in [1.82, 2.24) is 9.88 Å². The van der Waals surface area contributed by atoms with Gasteiger partial charge in [-0.1, -0.05) is 13.8 Å². The van der Waals surface area contributed by atoms with E-state index in [2.05, 4.69) is 18.8 Å². The molecule has 1 aliphatic rings. The maximum atomic E-state index is 12.3. The molecule has 2 rings (SSSR count). The van der Waals surface area contributed by atoms with Gasteiger partial charge in [0.15, 0.2) is 0 Å². The molecular weight excluding hydrogens is 246 g/mol. The molecule has 100 valence electrons. The van der Waals surface area contributed by atoms with Crippen LogP contribution < -0.4 is 5.73 Å². The SMILES string of the molecule is CC1(C)CCCN(C(=O)c2csc(CCN)n2)C1. The van der Waals surface area contributed by atoms with Crippen LogP contribution in [-0.2, 0) is 6.42 Å². The quantitative estimate of drug-likeness (QED) is 0.910. The van der Waals surface area contributed by atoms with Gasteiger partial charge in [-0.3, -0.25) is 4.79 Å². The van der Waals surface area contributed by atoms with E-state index in [1.165, 1.54) is 17.8 Å². The van der Waals surface area contributed by atoms with Crippen LogP contribution in [0.4, 0.5) is 0 Å². The van der Waals surface area contributed by atoms with Crippen molar-refractivity contribution in [3.05, 3.63) is 16.1 Å². The van der Waals surface area contributed by atoms with Crippen molar-refractivity contribution >= 4 is 17.2 Å². The van der Waals surface area contributed by atoms with Gasteiger partial charge in [0.05, 0.1) is 5.01 Å². The molecule has 0 spiro atoms. The fraction of sp³-hybridized carbons (Fsp3) is 0.692. The second kappa shape index (κ2) is 5.36. The van der Waals surface area contributed by atoms with Gasteiger partial charge in [0, 0.05) is 24.9 Å². The molecule has 5 heteroatoms. The van der Waals surface area contributed by atoms with E-state index in [9.17, 15) is 4.79 Å².